The summed E-state index contributed by atoms with van der Waals surface area (Å²) < 4.78 is 3.15. The maximum atomic E-state index is 13.5. The van der Waals surface area contributed by atoms with Gasteiger partial charge in [0.05, 0.1) is 10.2 Å². The molecule has 0 spiro atoms. The summed E-state index contributed by atoms with van der Waals surface area (Å²) in [6.07, 6.45) is 3.72. The van der Waals surface area contributed by atoms with Crippen molar-refractivity contribution in [1.82, 2.24) is 25.0 Å². The van der Waals surface area contributed by atoms with Gasteiger partial charge in [0.15, 0.2) is 5.69 Å². The summed E-state index contributed by atoms with van der Waals surface area (Å²) in [7, 11) is 1.97. The second kappa shape index (κ2) is 8.39. The molecule has 6 rings (SSSR count). The molecule has 1 unspecified atom stereocenters. The molecule has 0 radical (unpaired) electrons. The lowest BCUT2D eigenvalue weighted by atomic mass is 9.90. The standard InChI is InChI=1S/C26H27N5OS/c1-30-22-11-10-19(27-15-24-28-21-8-4-5-9-23(21)33-24)14-20(22)25(29-30)26(32)31-13-12-17-6-2-3-7-18(17)16-31/h2-9,19,27H,10-16H2,1H3. The second-order valence-electron chi connectivity index (χ2n) is 9.04. The number of para-hydroxylation sites is 1. The number of aryl methyl sites for hydroxylation is 1. The fourth-order valence-corrected chi connectivity index (χ4v) is 6.10. The predicted octanol–water partition coefficient (Wildman–Crippen LogP) is 3.88. The topological polar surface area (TPSA) is 63.1 Å². The molecular formula is C26H27N5OS. The number of thiazole rings is 1. The van der Waals surface area contributed by atoms with E-state index < -0.39 is 0 Å². The smallest absolute Gasteiger partial charge is 0.274 e. The maximum absolute atomic E-state index is 13.5. The lowest BCUT2D eigenvalue weighted by Crippen LogP contribution is -2.38. The van der Waals surface area contributed by atoms with Crippen LogP contribution >= 0.6 is 11.3 Å². The number of benzene rings is 2. The molecule has 4 aromatic rings. The lowest BCUT2D eigenvalue weighted by Gasteiger charge is -2.29. The van der Waals surface area contributed by atoms with Gasteiger partial charge in [-0.25, -0.2) is 4.98 Å². The highest BCUT2D eigenvalue weighted by molar-refractivity contribution is 7.18. The van der Waals surface area contributed by atoms with Gasteiger partial charge in [0.2, 0.25) is 0 Å². The fraction of sp³-hybridized carbons (Fsp3) is 0.346. The van der Waals surface area contributed by atoms with E-state index in [2.05, 4.69) is 47.8 Å². The minimum absolute atomic E-state index is 0.0631. The summed E-state index contributed by atoms with van der Waals surface area (Å²) in [5.74, 6) is 0.0631. The number of rotatable bonds is 4. The Balaban J connectivity index is 1.18. The number of nitrogens with zero attached hydrogens (tertiary/aromatic N) is 4. The Kier molecular flexibility index (Phi) is 5.23. The fourth-order valence-electron chi connectivity index (χ4n) is 5.18. The molecule has 2 aliphatic rings. The Morgan fingerprint density at radius 3 is 2.82 bits per heavy atom. The Hall–Kier alpha value is -3.03. The van der Waals surface area contributed by atoms with Crippen molar-refractivity contribution in [2.24, 2.45) is 7.05 Å². The summed E-state index contributed by atoms with van der Waals surface area (Å²) in [5, 5.41) is 9.49. The Morgan fingerprint density at radius 2 is 1.94 bits per heavy atom. The van der Waals surface area contributed by atoms with E-state index in [9.17, 15) is 4.79 Å². The van der Waals surface area contributed by atoms with E-state index in [0.29, 0.717) is 18.3 Å². The molecule has 7 heteroatoms. The first kappa shape index (κ1) is 20.6. The van der Waals surface area contributed by atoms with Crippen LogP contribution in [0.3, 0.4) is 0 Å². The second-order valence-corrected chi connectivity index (χ2v) is 10.2. The van der Waals surface area contributed by atoms with Crippen LogP contribution in [0.4, 0.5) is 0 Å². The van der Waals surface area contributed by atoms with Gasteiger partial charge in [-0.15, -0.1) is 11.3 Å². The molecule has 3 heterocycles. The van der Waals surface area contributed by atoms with E-state index in [1.807, 2.05) is 22.7 Å². The van der Waals surface area contributed by atoms with Gasteiger partial charge in [-0.1, -0.05) is 36.4 Å². The molecule has 0 fully saturated rings. The van der Waals surface area contributed by atoms with E-state index in [1.165, 1.54) is 21.5 Å². The zero-order valence-corrected chi connectivity index (χ0v) is 19.6. The van der Waals surface area contributed by atoms with Gasteiger partial charge in [-0.2, -0.15) is 5.10 Å². The van der Waals surface area contributed by atoms with Crippen LogP contribution in [-0.2, 0) is 39.4 Å². The minimum atomic E-state index is 0.0631. The van der Waals surface area contributed by atoms with Crippen molar-refractivity contribution in [2.45, 2.75) is 44.8 Å². The first-order valence-corrected chi connectivity index (χ1v) is 12.5. The predicted molar refractivity (Wildman–Crippen MR) is 130 cm³/mol. The number of nitrogens with one attached hydrogen (secondary N) is 1. The van der Waals surface area contributed by atoms with Crippen molar-refractivity contribution in [3.8, 4) is 0 Å². The molecule has 0 bridgehead atoms. The molecule has 0 saturated heterocycles. The molecule has 2 aromatic heterocycles. The highest BCUT2D eigenvalue weighted by Gasteiger charge is 2.31. The van der Waals surface area contributed by atoms with Gasteiger partial charge in [0.25, 0.3) is 5.91 Å². The number of hydrogen-bond donors (Lipinski definition) is 1. The van der Waals surface area contributed by atoms with Crippen LogP contribution < -0.4 is 5.32 Å². The molecular weight excluding hydrogens is 430 g/mol. The molecule has 0 saturated carbocycles. The van der Waals surface area contributed by atoms with Crippen molar-refractivity contribution < 1.29 is 4.79 Å². The van der Waals surface area contributed by atoms with Gasteiger partial charge in [-0.3, -0.25) is 9.48 Å². The summed E-state index contributed by atoms with van der Waals surface area (Å²) in [6.45, 7) is 2.17. The Bertz CT molecular complexity index is 1310. The van der Waals surface area contributed by atoms with Gasteiger partial charge < -0.3 is 10.2 Å². The van der Waals surface area contributed by atoms with Gasteiger partial charge in [-0.05, 0) is 48.9 Å². The van der Waals surface area contributed by atoms with Crippen LogP contribution in [0, 0.1) is 0 Å². The van der Waals surface area contributed by atoms with Crippen LogP contribution in [0.2, 0.25) is 0 Å². The zero-order valence-electron chi connectivity index (χ0n) is 18.8. The average molecular weight is 458 g/mol. The summed E-state index contributed by atoms with van der Waals surface area (Å²) in [4.78, 5) is 20.2. The van der Waals surface area contributed by atoms with E-state index in [-0.39, 0.29) is 5.91 Å². The highest BCUT2D eigenvalue weighted by atomic mass is 32.1. The number of aromatic nitrogens is 3. The first-order valence-electron chi connectivity index (χ1n) is 11.6. The molecule has 1 N–H and O–H groups in total. The molecule has 1 amide bonds. The van der Waals surface area contributed by atoms with Crippen molar-refractivity contribution in [3.05, 3.63) is 81.6 Å². The third kappa shape index (κ3) is 3.85. The Morgan fingerprint density at radius 1 is 1.12 bits per heavy atom. The molecule has 1 atom stereocenters. The van der Waals surface area contributed by atoms with Gasteiger partial charge in [0.1, 0.15) is 5.01 Å². The minimum Gasteiger partial charge on any atom is -0.333 e. The maximum Gasteiger partial charge on any atom is 0.274 e. The quantitative estimate of drug-likeness (QED) is 0.505. The van der Waals surface area contributed by atoms with Gasteiger partial charge >= 0.3 is 0 Å². The highest BCUT2D eigenvalue weighted by Crippen LogP contribution is 2.28. The molecule has 2 aromatic carbocycles. The van der Waals surface area contributed by atoms with Crippen molar-refractivity contribution in [3.63, 3.8) is 0 Å². The molecule has 6 nitrogen and oxygen atoms in total. The number of carbonyl (C=O) groups is 1. The molecule has 33 heavy (non-hydrogen) atoms. The monoisotopic (exact) mass is 457 g/mol. The molecule has 1 aliphatic heterocycles. The van der Waals surface area contributed by atoms with E-state index in [4.69, 9.17) is 10.1 Å². The summed E-state index contributed by atoms with van der Waals surface area (Å²) in [5.41, 5.74) is 6.62. The van der Waals surface area contributed by atoms with Crippen molar-refractivity contribution in [2.75, 3.05) is 6.54 Å². The number of amides is 1. The summed E-state index contributed by atoms with van der Waals surface area (Å²) in [6, 6.07) is 17.0. The zero-order chi connectivity index (χ0) is 22.4. The third-order valence-electron chi connectivity index (χ3n) is 6.96. The molecule has 168 valence electrons. The SMILES string of the molecule is Cn1nc(C(=O)N2CCc3ccccc3C2)c2c1CCC(NCc1nc3ccccc3s1)C2. The average Bonchev–Trinajstić information content (AvgIpc) is 3.42. The number of carbonyl (C=O) groups excluding carboxylic acids is 1. The Labute approximate surface area is 197 Å². The van der Waals surface area contributed by atoms with E-state index >= 15 is 0 Å². The van der Waals surface area contributed by atoms with Crippen LogP contribution in [0.15, 0.2) is 48.5 Å². The summed E-state index contributed by atoms with van der Waals surface area (Å²) >= 11 is 1.75. The number of hydrogen-bond acceptors (Lipinski definition) is 5. The first-order chi connectivity index (χ1) is 16.2. The normalized spacial score (nSPS) is 17.7. The molecule has 1 aliphatic carbocycles. The number of fused-ring (bicyclic) bond motifs is 3. The lowest BCUT2D eigenvalue weighted by molar-refractivity contribution is 0.0726. The van der Waals surface area contributed by atoms with Gasteiger partial charge in [0, 0.05) is 44.0 Å². The third-order valence-corrected chi connectivity index (χ3v) is 7.99. The van der Waals surface area contributed by atoms with Crippen LogP contribution in [0.5, 0.6) is 0 Å². The van der Waals surface area contributed by atoms with Crippen molar-refractivity contribution >= 4 is 27.5 Å². The largest absolute Gasteiger partial charge is 0.333 e. The van der Waals surface area contributed by atoms with Crippen LogP contribution in [0.1, 0.15) is 44.3 Å². The van der Waals surface area contributed by atoms with E-state index in [0.717, 1.165) is 54.9 Å². The van der Waals surface area contributed by atoms with Crippen LogP contribution in [-0.4, -0.2) is 38.2 Å². The van der Waals surface area contributed by atoms with Crippen LogP contribution in [0.25, 0.3) is 10.2 Å². The van der Waals surface area contributed by atoms with Crippen molar-refractivity contribution in [1.29, 1.82) is 0 Å². The van der Waals surface area contributed by atoms with E-state index in [1.54, 1.807) is 11.3 Å².